The lowest BCUT2D eigenvalue weighted by molar-refractivity contribution is 0.364. The summed E-state index contributed by atoms with van der Waals surface area (Å²) in [5.41, 5.74) is 1.38. The van der Waals surface area contributed by atoms with E-state index in [9.17, 15) is 0 Å². The summed E-state index contributed by atoms with van der Waals surface area (Å²) in [4.78, 5) is 0. The van der Waals surface area contributed by atoms with Crippen molar-refractivity contribution in [1.82, 2.24) is 5.32 Å². The van der Waals surface area contributed by atoms with Crippen LogP contribution in [0.25, 0.3) is 0 Å². The Labute approximate surface area is 116 Å². The molecule has 0 bridgehead atoms. The van der Waals surface area contributed by atoms with Crippen molar-refractivity contribution in [3.05, 3.63) is 34.9 Å². The number of nitrogens with one attached hydrogen (secondary N) is 1. The maximum atomic E-state index is 6.06. The molecule has 1 nitrogen and oxygen atoms in total. The van der Waals surface area contributed by atoms with Crippen molar-refractivity contribution >= 4 is 11.6 Å². The molecule has 0 aromatic heterocycles. The van der Waals surface area contributed by atoms with E-state index in [1.807, 2.05) is 6.07 Å². The molecular weight excluding hydrogens is 242 g/mol. The van der Waals surface area contributed by atoms with E-state index in [1.54, 1.807) is 0 Å². The van der Waals surface area contributed by atoms with Crippen LogP contribution in [0.1, 0.15) is 37.7 Å². The van der Waals surface area contributed by atoms with Crippen LogP contribution < -0.4 is 5.32 Å². The normalized spacial score (nSPS) is 18.1. The maximum Gasteiger partial charge on any atom is 0.0408 e. The largest absolute Gasteiger partial charge is 0.319 e. The zero-order valence-corrected chi connectivity index (χ0v) is 12.0. The monoisotopic (exact) mass is 265 g/mol. The van der Waals surface area contributed by atoms with Gasteiger partial charge in [0.25, 0.3) is 0 Å². The summed E-state index contributed by atoms with van der Waals surface area (Å²) in [7, 11) is 2.06. The molecule has 1 fully saturated rings. The third kappa shape index (κ3) is 4.29. The number of hydrogen-bond donors (Lipinski definition) is 1. The van der Waals surface area contributed by atoms with Crippen molar-refractivity contribution < 1.29 is 0 Å². The van der Waals surface area contributed by atoms with Gasteiger partial charge in [0, 0.05) is 5.02 Å². The lowest BCUT2D eigenvalue weighted by Crippen LogP contribution is -2.22. The predicted molar refractivity (Wildman–Crippen MR) is 79.1 cm³/mol. The summed E-state index contributed by atoms with van der Waals surface area (Å²) in [6.45, 7) is 1.11. The predicted octanol–water partition coefficient (Wildman–Crippen LogP) is 4.30. The Hall–Kier alpha value is -0.530. The van der Waals surface area contributed by atoms with Crippen molar-refractivity contribution in [2.24, 2.45) is 11.8 Å². The first kappa shape index (κ1) is 13.9. The smallest absolute Gasteiger partial charge is 0.0408 e. The Morgan fingerprint density at radius 1 is 1.33 bits per heavy atom. The fourth-order valence-electron chi connectivity index (χ4n) is 3.24. The molecule has 0 spiro atoms. The van der Waals surface area contributed by atoms with Gasteiger partial charge in [-0.05, 0) is 56.0 Å². The highest BCUT2D eigenvalue weighted by Crippen LogP contribution is 2.31. The van der Waals surface area contributed by atoms with Gasteiger partial charge in [0.1, 0.15) is 0 Å². The van der Waals surface area contributed by atoms with E-state index in [0.29, 0.717) is 0 Å². The summed E-state index contributed by atoms with van der Waals surface area (Å²) in [6.07, 6.45) is 8.28. The lowest BCUT2D eigenvalue weighted by atomic mass is 9.88. The Morgan fingerprint density at radius 2 is 2.11 bits per heavy atom. The van der Waals surface area contributed by atoms with Gasteiger partial charge in [-0.15, -0.1) is 0 Å². The molecule has 1 aromatic rings. The standard InChI is InChI=1S/C16H24ClN/c1-18-12-15(9-13-5-2-3-6-13)10-14-7-4-8-16(17)11-14/h4,7-8,11,13,15,18H,2-3,5-6,9-10,12H2,1H3. The molecule has 2 rings (SSSR count). The Kier molecular flexibility index (Phi) is 5.52. The zero-order valence-electron chi connectivity index (χ0n) is 11.3. The number of halogens is 1. The second kappa shape index (κ2) is 7.16. The molecule has 1 N–H and O–H groups in total. The van der Waals surface area contributed by atoms with Gasteiger partial charge in [-0.1, -0.05) is 49.4 Å². The van der Waals surface area contributed by atoms with Crippen LogP contribution in [0.15, 0.2) is 24.3 Å². The van der Waals surface area contributed by atoms with Gasteiger partial charge in [-0.25, -0.2) is 0 Å². The average Bonchev–Trinajstić information content (AvgIpc) is 2.82. The highest BCUT2D eigenvalue weighted by atomic mass is 35.5. The number of benzene rings is 1. The molecule has 0 aliphatic heterocycles. The first-order valence-electron chi connectivity index (χ1n) is 7.17. The minimum atomic E-state index is 0.747. The van der Waals surface area contributed by atoms with E-state index in [0.717, 1.165) is 29.8 Å². The second-order valence-electron chi connectivity index (χ2n) is 5.64. The fourth-order valence-corrected chi connectivity index (χ4v) is 3.46. The topological polar surface area (TPSA) is 12.0 Å². The van der Waals surface area contributed by atoms with Crippen LogP contribution in [0.2, 0.25) is 5.02 Å². The molecule has 0 heterocycles. The van der Waals surface area contributed by atoms with E-state index in [-0.39, 0.29) is 0 Å². The third-order valence-electron chi connectivity index (χ3n) is 4.05. The Morgan fingerprint density at radius 3 is 2.78 bits per heavy atom. The fraction of sp³-hybridized carbons (Fsp3) is 0.625. The lowest BCUT2D eigenvalue weighted by Gasteiger charge is -2.20. The van der Waals surface area contributed by atoms with E-state index in [4.69, 9.17) is 11.6 Å². The van der Waals surface area contributed by atoms with Gasteiger partial charge in [-0.3, -0.25) is 0 Å². The minimum absolute atomic E-state index is 0.747. The summed E-state index contributed by atoms with van der Waals surface area (Å²) in [6, 6.07) is 8.32. The molecule has 1 unspecified atom stereocenters. The summed E-state index contributed by atoms with van der Waals surface area (Å²) >= 11 is 6.06. The molecule has 1 saturated carbocycles. The van der Waals surface area contributed by atoms with Crippen LogP contribution in [-0.2, 0) is 6.42 Å². The second-order valence-corrected chi connectivity index (χ2v) is 6.08. The molecule has 0 saturated heterocycles. The van der Waals surface area contributed by atoms with Crippen LogP contribution >= 0.6 is 11.6 Å². The van der Waals surface area contributed by atoms with Crippen LogP contribution in [0.5, 0.6) is 0 Å². The van der Waals surface area contributed by atoms with Gasteiger partial charge < -0.3 is 5.32 Å². The third-order valence-corrected chi connectivity index (χ3v) is 4.28. The van der Waals surface area contributed by atoms with Crippen molar-refractivity contribution in [3.63, 3.8) is 0 Å². The average molecular weight is 266 g/mol. The molecule has 18 heavy (non-hydrogen) atoms. The van der Waals surface area contributed by atoms with Crippen molar-refractivity contribution in [2.45, 2.75) is 38.5 Å². The minimum Gasteiger partial charge on any atom is -0.319 e. The van der Waals surface area contributed by atoms with Gasteiger partial charge in [-0.2, -0.15) is 0 Å². The highest BCUT2D eigenvalue weighted by molar-refractivity contribution is 6.30. The van der Waals surface area contributed by atoms with Gasteiger partial charge in [0.05, 0.1) is 0 Å². The zero-order chi connectivity index (χ0) is 12.8. The molecule has 1 aromatic carbocycles. The van der Waals surface area contributed by atoms with Gasteiger partial charge >= 0.3 is 0 Å². The molecule has 1 atom stereocenters. The Balaban J connectivity index is 1.92. The summed E-state index contributed by atoms with van der Waals surface area (Å²) in [5.74, 6) is 1.71. The van der Waals surface area contributed by atoms with Crippen LogP contribution in [-0.4, -0.2) is 13.6 Å². The van der Waals surface area contributed by atoms with Gasteiger partial charge in [0.15, 0.2) is 0 Å². The van der Waals surface area contributed by atoms with Crippen molar-refractivity contribution in [3.8, 4) is 0 Å². The maximum absolute atomic E-state index is 6.06. The molecule has 1 aliphatic rings. The first-order valence-corrected chi connectivity index (χ1v) is 7.54. The SMILES string of the molecule is CNCC(Cc1cccc(Cl)c1)CC1CCCC1. The Bertz CT molecular complexity index is 358. The van der Waals surface area contributed by atoms with E-state index in [1.165, 1.54) is 37.7 Å². The van der Waals surface area contributed by atoms with Crippen LogP contribution in [0, 0.1) is 11.8 Å². The summed E-state index contributed by atoms with van der Waals surface area (Å²) in [5, 5.41) is 4.20. The molecule has 1 aliphatic carbocycles. The molecule has 0 amide bonds. The first-order chi connectivity index (χ1) is 8.78. The summed E-state index contributed by atoms with van der Waals surface area (Å²) < 4.78 is 0. The van der Waals surface area contributed by atoms with Crippen LogP contribution in [0.4, 0.5) is 0 Å². The van der Waals surface area contributed by atoms with Crippen LogP contribution in [0.3, 0.4) is 0 Å². The van der Waals surface area contributed by atoms with E-state index >= 15 is 0 Å². The number of rotatable bonds is 6. The molecule has 0 radical (unpaired) electrons. The van der Waals surface area contributed by atoms with Crippen molar-refractivity contribution in [2.75, 3.05) is 13.6 Å². The number of hydrogen-bond acceptors (Lipinski definition) is 1. The molecular formula is C16H24ClN. The quantitative estimate of drug-likeness (QED) is 0.809. The van der Waals surface area contributed by atoms with E-state index in [2.05, 4.69) is 30.6 Å². The molecule has 100 valence electrons. The highest BCUT2D eigenvalue weighted by Gasteiger charge is 2.20. The van der Waals surface area contributed by atoms with E-state index < -0.39 is 0 Å². The molecule has 2 heteroatoms. The van der Waals surface area contributed by atoms with Gasteiger partial charge in [0.2, 0.25) is 0 Å². The van der Waals surface area contributed by atoms with Crippen molar-refractivity contribution in [1.29, 1.82) is 0 Å².